The summed E-state index contributed by atoms with van der Waals surface area (Å²) in [6.45, 7) is 7.97. The van der Waals surface area contributed by atoms with E-state index in [1.165, 1.54) is 0 Å². The van der Waals surface area contributed by atoms with Gasteiger partial charge in [0.1, 0.15) is 0 Å². The van der Waals surface area contributed by atoms with Crippen LogP contribution in [-0.4, -0.2) is 37.5 Å². The van der Waals surface area contributed by atoms with Gasteiger partial charge < -0.3 is 4.74 Å². The number of rotatable bonds is 1. The average molecular weight is 128 g/mol. The van der Waals surface area contributed by atoms with Crippen molar-refractivity contribution >= 4 is 6.72 Å². The van der Waals surface area contributed by atoms with Crippen molar-refractivity contribution in [1.29, 1.82) is 0 Å². The third-order valence-electron chi connectivity index (χ3n) is 1.51. The second kappa shape index (κ2) is 2.82. The summed E-state index contributed by atoms with van der Waals surface area (Å²) >= 11 is 0. The first-order chi connectivity index (χ1) is 4.34. The van der Waals surface area contributed by atoms with Crippen molar-refractivity contribution in [2.75, 3.05) is 19.8 Å². The average Bonchev–Trinajstić information content (AvgIpc) is 1.89. The van der Waals surface area contributed by atoms with Gasteiger partial charge in [0.05, 0.1) is 25.8 Å². The maximum absolute atomic E-state index is 5.18. The van der Waals surface area contributed by atoms with E-state index in [1.807, 2.05) is 5.01 Å². The highest BCUT2D eigenvalue weighted by atomic mass is 16.5. The summed E-state index contributed by atoms with van der Waals surface area (Å²) in [6, 6.07) is 0.399. The van der Waals surface area contributed by atoms with Crippen LogP contribution < -0.4 is 0 Å². The molecular weight excluding hydrogens is 116 g/mol. The van der Waals surface area contributed by atoms with Gasteiger partial charge in [-0.25, -0.2) is 0 Å². The van der Waals surface area contributed by atoms with E-state index in [-0.39, 0.29) is 0 Å². The number of hydrogen-bond acceptors (Lipinski definition) is 3. The highest BCUT2D eigenvalue weighted by Gasteiger charge is 2.14. The van der Waals surface area contributed by atoms with Crippen LogP contribution in [0.3, 0.4) is 0 Å². The van der Waals surface area contributed by atoms with Gasteiger partial charge in [-0.15, -0.1) is 0 Å². The monoisotopic (exact) mass is 128 g/mol. The smallest absolute Gasteiger partial charge is 0.0684 e. The minimum atomic E-state index is 0.399. The van der Waals surface area contributed by atoms with E-state index in [1.54, 1.807) is 0 Å². The van der Waals surface area contributed by atoms with E-state index < -0.39 is 0 Å². The molecule has 3 heteroatoms. The van der Waals surface area contributed by atoms with Crippen molar-refractivity contribution in [2.24, 2.45) is 5.10 Å². The molecule has 0 aromatic carbocycles. The number of hydrogen-bond donors (Lipinski definition) is 0. The molecule has 0 spiro atoms. The van der Waals surface area contributed by atoms with Crippen LogP contribution in [0.4, 0.5) is 0 Å². The number of ether oxygens (including phenoxy) is 1. The summed E-state index contributed by atoms with van der Waals surface area (Å²) in [5.74, 6) is 0. The molecule has 0 saturated carbocycles. The standard InChI is InChI=1S/C6H12N2O/c1-6-5-9-4-3-8(6)7-2/h6H,2-5H2,1H3. The molecule has 52 valence electrons. The summed E-state index contributed by atoms with van der Waals surface area (Å²) in [5, 5.41) is 5.78. The van der Waals surface area contributed by atoms with E-state index in [4.69, 9.17) is 4.74 Å². The third kappa shape index (κ3) is 1.42. The fourth-order valence-electron chi connectivity index (χ4n) is 0.928. The summed E-state index contributed by atoms with van der Waals surface area (Å²) in [4.78, 5) is 0. The van der Waals surface area contributed by atoms with Crippen LogP contribution in [0.2, 0.25) is 0 Å². The molecule has 1 rings (SSSR count). The summed E-state index contributed by atoms with van der Waals surface area (Å²) < 4.78 is 5.18. The van der Waals surface area contributed by atoms with Gasteiger partial charge in [-0.05, 0) is 6.92 Å². The van der Waals surface area contributed by atoms with Crippen molar-refractivity contribution < 1.29 is 4.74 Å². The maximum atomic E-state index is 5.18. The van der Waals surface area contributed by atoms with Crippen molar-refractivity contribution in [2.45, 2.75) is 13.0 Å². The second-order valence-corrected chi connectivity index (χ2v) is 2.23. The Balaban J connectivity index is 2.38. The zero-order valence-electron chi connectivity index (χ0n) is 5.71. The number of nitrogens with zero attached hydrogens (tertiary/aromatic N) is 2. The molecule has 1 saturated heterocycles. The molecule has 0 aromatic heterocycles. The SMILES string of the molecule is C=NN1CCOCC1C. The van der Waals surface area contributed by atoms with Gasteiger partial charge in [-0.3, -0.25) is 5.01 Å². The lowest BCUT2D eigenvalue weighted by atomic mass is 10.3. The zero-order chi connectivity index (χ0) is 6.69. The Kier molecular flexibility index (Phi) is 2.05. The summed E-state index contributed by atoms with van der Waals surface area (Å²) in [7, 11) is 0. The van der Waals surface area contributed by atoms with E-state index in [2.05, 4.69) is 18.7 Å². The van der Waals surface area contributed by atoms with Crippen LogP contribution in [0.25, 0.3) is 0 Å². The predicted molar refractivity (Wildman–Crippen MR) is 36.5 cm³/mol. The molecule has 9 heavy (non-hydrogen) atoms. The van der Waals surface area contributed by atoms with Gasteiger partial charge in [-0.1, -0.05) is 0 Å². The molecule has 1 fully saturated rings. The molecule has 0 radical (unpaired) electrons. The van der Waals surface area contributed by atoms with Gasteiger partial charge in [-0.2, -0.15) is 5.10 Å². The van der Waals surface area contributed by atoms with Gasteiger partial charge in [0.25, 0.3) is 0 Å². The first-order valence-electron chi connectivity index (χ1n) is 3.15. The minimum absolute atomic E-state index is 0.399. The van der Waals surface area contributed by atoms with Crippen molar-refractivity contribution in [3.63, 3.8) is 0 Å². The van der Waals surface area contributed by atoms with E-state index >= 15 is 0 Å². The van der Waals surface area contributed by atoms with Crippen LogP contribution in [0, 0.1) is 0 Å². The Bertz CT molecular complexity index is 105. The van der Waals surface area contributed by atoms with Gasteiger partial charge in [0.15, 0.2) is 0 Å². The van der Waals surface area contributed by atoms with E-state index in [0.717, 1.165) is 19.8 Å². The molecule has 1 aliphatic heterocycles. The molecule has 1 aliphatic rings. The normalized spacial score (nSPS) is 28.1. The molecule has 0 N–H and O–H groups in total. The fraction of sp³-hybridized carbons (Fsp3) is 0.833. The molecule has 0 bridgehead atoms. The minimum Gasteiger partial charge on any atom is -0.377 e. The molecule has 1 atom stereocenters. The topological polar surface area (TPSA) is 24.8 Å². The van der Waals surface area contributed by atoms with E-state index in [0.29, 0.717) is 6.04 Å². The molecule has 3 nitrogen and oxygen atoms in total. The number of morpholine rings is 1. The van der Waals surface area contributed by atoms with Gasteiger partial charge >= 0.3 is 0 Å². The Hall–Kier alpha value is -0.570. The lowest BCUT2D eigenvalue weighted by Gasteiger charge is -2.30. The third-order valence-corrected chi connectivity index (χ3v) is 1.51. The second-order valence-electron chi connectivity index (χ2n) is 2.23. The first kappa shape index (κ1) is 6.55. The summed E-state index contributed by atoms with van der Waals surface area (Å²) in [6.07, 6.45) is 0. The van der Waals surface area contributed by atoms with Crippen LogP contribution in [-0.2, 0) is 4.74 Å². The largest absolute Gasteiger partial charge is 0.377 e. The van der Waals surface area contributed by atoms with Crippen LogP contribution in [0.1, 0.15) is 6.92 Å². The first-order valence-corrected chi connectivity index (χ1v) is 3.15. The molecular formula is C6H12N2O. The highest BCUT2D eigenvalue weighted by molar-refractivity contribution is 5.22. The van der Waals surface area contributed by atoms with Gasteiger partial charge in [0, 0.05) is 6.72 Å². The van der Waals surface area contributed by atoms with Crippen molar-refractivity contribution in [1.82, 2.24) is 5.01 Å². The fourth-order valence-corrected chi connectivity index (χ4v) is 0.928. The van der Waals surface area contributed by atoms with Crippen LogP contribution in [0.5, 0.6) is 0 Å². The van der Waals surface area contributed by atoms with E-state index in [9.17, 15) is 0 Å². The number of hydrazone groups is 1. The lowest BCUT2D eigenvalue weighted by Crippen LogP contribution is -2.39. The van der Waals surface area contributed by atoms with Gasteiger partial charge in [0.2, 0.25) is 0 Å². The Morgan fingerprint density at radius 1 is 1.78 bits per heavy atom. The highest BCUT2D eigenvalue weighted by Crippen LogP contribution is 2.04. The Labute approximate surface area is 55.3 Å². The molecule has 0 amide bonds. The Morgan fingerprint density at radius 3 is 3.00 bits per heavy atom. The molecule has 0 aliphatic carbocycles. The molecule has 1 heterocycles. The van der Waals surface area contributed by atoms with Crippen LogP contribution >= 0.6 is 0 Å². The quantitative estimate of drug-likeness (QED) is 0.475. The molecule has 1 unspecified atom stereocenters. The van der Waals surface area contributed by atoms with Crippen LogP contribution in [0.15, 0.2) is 5.10 Å². The van der Waals surface area contributed by atoms with Crippen molar-refractivity contribution in [3.8, 4) is 0 Å². The maximum Gasteiger partial charge on any atom is 0.0684 e. The lowest BCUT2D eigenvalue weighted by molar-refractivity contribution is 0.00162. The zero-order valence-corrected chi connectivity index (χ0v) is 5.71. The predicted octanol–water partition coefficient (Wildman–Crippen LogP) is 0.323. The molecule has 0 aromatic rings. The Morgan fingerprint density at radius 2 is 2.56 bits per heavy atom. The van der Waals surface area contributed by atoms with Crippen molar-refractivity contribution in [3.05, 3.63) is 0 Å². The summed E-state index contributed by atoms with van der Waals surface area (Å²) in [5.41, 5.74) is 0.